The van der Waals surface area contributed by atoms with Crippen molar-refractivity contribution in [2.75, 3.05) is 11.9 Å². The van der Waals surface area contributed by atoms with Crippen LogP contribution in [0.3, 0.4) is 0 Å². The second kappa shape index (κ2) is 8.41. The molecular weight excluding hydrogens is 338 g/mol. The summed E-state index contributed by atoms with van der Waals surface area (Å²) in [5, 5.41) is 2.87. The van der Waals surface area contributed by atoms with Crippen LogP contribution in [0.25, 0.3) is 0 Å². The number of aryl methyl sites for hydroxylation is 3. The molecule has 0 aromatic heterocycles. The van der Waals surface area contributed by atoms with Crippen LogP contribution in [0.5, 0.6) is 17.2 Å². The zero-order valence-electron chi connectivity index (χ0n) is 15.8. The van der Waals surface area contributed by atoms with Crippen molar-refractivity contribution in [1.82, 2.24) is 0 Å². The smallest absolute Gasteiger partial charge is 0.262 e. The Bertz CT molecular complexity index is 915. The van der Waals surface area contributed by atoms with Gasteiger partial charge in [0.15, 0.2) is 6.61 Å². The second-order valence-electron chi connectivity index (χ2n) is 6.54. The SMILES string of the molecule is Cc1ccc(Oc2ccc(OCC(=O)Nc3ccc(C)cc3C)cc2)cc1. The van der Waals surface area contributed by atoms with Crippen LogP contribution in [0.2, 0.25) is 0 Å². The Balaban J connectivity index is 1.52. The van der Waals surface area contributed by atoms with Crippen LogP contribution in [0, 0.1) is 20.8 Å². The Morgan fingerprint density at radius 2 is 1.33 bits per heavy atom. The summed E-state index contributed by atoms with van der Waals surface area (Å²) in [6.45, 7) is 5.97. The van der Waals surface area contributed by atoms with Crippen LogP contribution in [0.15, 0.2) is 66.7 Å². The lowest BCUT2D eigenvalue weighted by atomic mass is 10.1. The zero-order chi connectivity index (χ0) is 19.2. The topological polar surface area (TPSA) is 47.6 Å². The number of rotatable bonds is 6. The third-order valence-electron chi connectivity index (χ3n) is 4.11. The molecule has 4 heteroatoms. The monoisotopic (exact) mass is 361 g/mol. The summed E-state index contributed by atoms with van der Waals surface area (Å²) in [6.07, 6.45) is 0. The van der Waals surface area contributed by atoms with Gasteiger partial charge in [0.1, 0.15) is 17.2 Å². The van der Waals surface area contributed by atoms with E-state index in [1.807, 2.05) is 75.4 Å². The first-order chi connectivity index (χ1) is 13.0. The van der Waals surface area contributed by atoms with Gasteiger partial charge in [0.25, 0.3) is 5.91 Å². The van der Waals surface area contributed by atoms with E-state index in [0.29, 0.717) is 11.5 Å². The Morgan fingerprint density at radius 3 is 1.96 bits per heavy atom. The Hall–Kier alpha value is -3.27. The summed E-state index contributed by atoms with van der Waals surface area (Å²) in [5.74, 6) is 1.91. The molecule has 0 heterocycles. The van der Waals surface area contributed by atoms with Gasteiger partial charge in [0, 0.05) is 5.69 Å². The van der Waals surface area contributed by atoms with Gasteiger partial charge in [-0.05, 0) is 68.8 Å². The fourth-order valence-electron chi connectivity index (χ4n) is 2.64. The summed E-state index contributed by atoms with van der Waals surface area (Å²) in [6, 6.07) is 21.0. The molecule has 0 bridgehead atoms. The number of hydrogen-bond donors (Lipinski definition) is 1. The van der Waals surface area contributed by atoms with Crippen molar-refractivity contribution in [2.45, 2.75) is 20.8 Å². The van der Waals surface area contributed by atoms with E-state index in [1.54, 1.807) is 12.1 Å². The molecule has 0 aliphatic rings. The highest BCUT2D eigenvalue weighted by atomic mass is 16.5. The van der Waals surface area contributed by atoms with E-state index in [-0.39, 0.29) is 12.5 Å². The molecular formula is C23H23NO3. The number of carbonyl (C=O) groups is 1. The second-order valence-corrected chi connectivity index (χ2v) is 6.54. The maximum Gasteiger partial charge on any atom is 0.262 e. The number of ether oxygens (including phenoxy) is 2. The predicted octanol–water partition coefficient (Wildman–Crippen LogP) is 5.42. The molecule has 3 aromatic rings. The van der Waals surface area contributed by atoms with E-state index in [2.05, 4.69) is 5.32 Å². The minimum atomic E-state index is -0.193. The van der Waals surface area contributed by atoms with Gasteiger partial charge in [-0.2, -0.15) is 0 Å². The van der Waals surface area contributed by atoms with E-state index in [4.69, 9.17) is 9.47 Å². The van der Waals surface area contributed by atoms with Crippen LogP contribution in [0.4, 0.5) is 5.69 Å². The number of nitrogens with one attached hydrogen (secondary N) is 1. The van der Waals surface area contributed by atoms with Crippen LogP contribution >= 0.6 is 0 Å². The first-order valence-electron chi connectivity index (χ1n) is 8.84. The molecule has 1 amide bonds. The van der Waals surface area contributed by atoms with Crippen molar-refractivity contribution < 1.29 is 14.3 Å². The number of benzene rings is 3. The lowest BCUT2D eigenvalue weighted by Gasteiger charge is -2.11. The third kappa shape index (κ3) is 5.35. The predicted molar refractivity (Wildman–Crippen MR) is 108 cm³/mol. The van der Waals surface area contributed by atoms with Crippen LogP contribution in [-0.2, 0) is 4.79 Å². The quantitative estimate of drug-likeness (QED) is 0.637. The molecule has 1 N–H and O–H groups in total. The average Bonchev–Trinajstić information content (AvgIpc) is 2.65. The summed E-state index contributed by atoms with van der Waals surface area (Å²) >= 11 is 0. The van der Waals surface area contributed by atoms with Gasteiger partial charge in [-0.1, -0.05) is 35.4 Å². The van der Waals surface area contributed by atoms with Crippen LogP contribution in [-0.4, -0.2) is 12.5 Å². The van der Waals surface area contributed by atoms with Gasteiger partial charge in [-0.25, -0.2) is 0 Å². The van der Waals surface area contributed by atoms with Crippen molar-refractivity contribution in [1.29, 1.82) is 0 Å². The highest BCUT2D eigenvalue weighted by Crippen LogP contribution is 2.24. The fourth-order valence-corrected chi connectivity index (χ4v) is 2.64. The lowest BCUT2D eigenvalue weighted by molar-refractivity contribution is -0.118. The summed E-state index contributed by atoms with van der Waals surface area (Å²) in [7, 11) is 0. The minimum absolute atomic E-state index is 0.0501. The first-order valence-corrected chi connectivity index (χ1v) is 8.84. The molecule has 0 fully saturated rings. The van der Waals surface area contributed by atoms with E-state index in [0.717, 1.165) is 22.6 Å². The van der Waals surface area contributed by atoms with Crippen molar-refractivity contribution >= 4 is 11.6 Å². The molecule has 0 unspecified atom stereocenters. The molecule has 27 heavy (non-hydrogen) atoms. The van der Waals surface area contributed by atoms with Gasteiger partial charge in [0.05, 0.1) is 0 Å². The van der Waals surface area contributed by atoms with E-state index >= 15 is 0 Å². The number of carbonyl (C=O) groups excluding carboxylic acids is 1. The van der Waals surface area contributed by atoms with Gasteiger partial charge in [0.2, 0.25) is 0 Å². The average molecular weight is 361 g/mol. The maximum atomic E-state index is 12.1. The molecule has 0 radical (unpaired) electrons. The molecule has 3 rings (SSSR count). The summed E-state index contributed by atoms with van der Waals surface area (Å²) in [5.41, 5.74) is 4.18. The molecule has 0 saturated heterocycles. The highest BCUT2D eigenvalue weighted by Gasteiger charge is 2.06. The molecule has 0 atom stereocenters. The van der Waals surface area contributed by atoms with Crippen LogP contribution in [0.1, 0.15) is 16.7 Å². The van der Waals surface area contributed by atoms with E-state index < -0.39 is 0 Å². The van der Waals surface area contributed by atoms with Crippen molar-refractivity contribution in [3.8, 4) is 17.2 Å². The van der Waals surface area contributed by atoms with Gasteiger partial charge in [-0.3, -0.25) is 4.79 Å². The Kier molecular flexibility index (Phi) is 5.77. The summed E-state index contributed by atoms with van der Waals surface area (Å²) in [4.78, 5) is 12.1. The largest absolute Gasteiger partial charge is 0.484 e. The highest BCUT2D eigenvalue weighted by molar-refractivity contribution is 5.92. The normalized spacial score (nSPS) is 10.3. The molecule has 138 valence electrons. The number of anilines is 1. The van der Waals surface area contributed by atoms with E-state index in [1.165, 1.54) is 5.56 Å². The summed E-state index contributed by atoms with van der Waals surface area (Å²) < 4.78 is 11.3. The maximum absolute atomic E-state index is 12.1. The van der Waals surface area contributed by atoms with Gasteiger partial charge in [-0.15, -0.1) is 0 Å². The van der Waals surface area contributed by atoms with Gasteiger partial charge >= 0.3 is 0 Å². The third-order valence-corrected chi connectivity index (χ3v) is 4.11. The number of amides is 1. The first kappa shape index (κ1) is 18.5. The van der Waals surface area contributed by atoms with Crippen molar-refractivity contribution in [2.24, 2.45) is 0 Å². The number of hydrogen-bond acceptors (Lipinski definition) is 3. The van der Waals surface area contributed by atoms with Crippen molar-refractivity contribution in [3.63, 3.8) is 0 Å². The molecule has 0 aliphatic carbocycles. The van der Waals surface area contributed by atoms with E-state index in [9.17, 15) is 4.79 Å². The Labute approximate surface area is 159 Å². The zero-order valence-corrected chi connectivity index (χ0v) is 15.8. The molecule has 0 saturated carbocycles. The molecule has 4 nitrogen and oxygen atoms in total. The molecule has 0 aliphatic heterocycles. The van der Waals surface area contributed by atoms with Gasteiger partial charge < -0.3 is 14.8 Å². The molecule has 3 aromatic carbocycles. The Morgan fingerprint density at radius 1 is 0.778 bits per heavy atom. The minimum Gasteiger partial charge on any atom is -0.484 e. The molecule has 0 spiro atoms. The lowest BCUT2D eigenvalue weighted by Crippen LogP contribution is -2.20. The fraction of sp³-hybridized carbons (Fsp3) is 0.174. The standard InChI is InChI=1S/C23H23NO3/c1-16-4-7-20(8-5-16)27-21-11-9-19(10-12-21)26-15-23(25)24-22-13-6-17(2)14-18(22)3/h4-14H,15H2,1-3H3,(H,24,25). The van der Waals surface area contributed by atoms with Crippen molar-refractivity contribution in [3.05, 3.63) is 83.4 Å². The van der Waals surface area contributed by atoms with Crippen LogP contribution < -0.4 is 14.8 Å².